The second-order valence-electron chi connectivity index (χ2n) is 6.26. The molecule has 2 N–H and O–H groups in total. The van der Waals surface area contributed by atoms with E-state index in [-0.39, 0.29) is 24.5 Å². The smallest absolute Gasteiger partial charge is 0.306 e. The van der Waals surface area contributed by atoms with Gasteiger partial charge in [0.25, 0.3) is 5.91 Å². The van der Waals surface area contributed by atoms with Gasteiger partial charge in [-0.05, 0) is 38.1 Å². The lowest BCUT2D eigenvalue weighted by atomic mass is 10.1. The lowest BCUT2D eigenvalue weighted by molar-refractivity contribution is -0.147. The zero-order valence-corrected chi connectivity index (χ0v) is 15.8. The van der Waals surface area contributed by atoms with Crippen molar-refractivity contribution >= 4 is 34.9 Å². The van der Waals surface area contributed by atoms with E-state index in [0.717, 1.165) is 5.56 Å². The Morgan fingerprint density at radius 3 is 2.21 bits per heavy atom. The highest BCUT2D eigenvalue weighted by Crippen LogP contribution is 2.12. The van der Waals surface area contributed by atoms with E-state index in [4.69, 9.17) is 4.74 Å². The van der Waals surface area contributed by atoms with Crippen molar-refractivity contribution in [3.8, 4) is 0 Å². The molecular weight excluding hydrogens is 360 g/mol. The van der Waals surface area contributed by atoms with Crippen molar-refractivity contribution < 1.29 is 23.9 Å². The zero-order valence-electron chi connectivity index (χ0n) is 15.8. The predicted octanol–water partition coefficient (Wildman–Crippen LogP) is 3.10. The summed E-state index contributed by atoms with van der Waals surface area (Å²) >= 11 is 0. The molecular formula is C21H22N2O5. The quantitative estimate of drug-likeness (QED) is 0.540. The van der Waals surface area contributed by atoms with E-state index in [9.17, 15) is 19.2 Å². The van der Waals surface area contributed by atoms with Crippen LogP contribution in [-0.2, 0) is 19.1 Å². The number of carbonyl (C=O) groups excluding carboxylic acids is 4. The third-order valence-corrected chi connectivity index (χ3v) is 3.81. The van der Waals surface area contributed by atoms with Crippen molar-refractivity contribution in [3.05, 3.63) is 59.7 Å². The number of Topliss-reactive ketones (excluding diaryl/α,β-unsaturated/α-hetero) is 1. The Hall–Kier alpha value is -3.48. The van der Waals surface area contributed by atoms with Gasteiger partial charge in [0.1, 0.15) is 0 Å². The fraction of sp³-hybridized carbons (Fsp3) is 0.238. The van der Waals surface area contributed by atoms with Crippen LogP contribution in [0.15, 0.2) is 48.5 Å². The molecule has 7 nitrogen and oxygen atoms in total. The van der Waals surface area contributed by atoms with Crippen LogP contribution in [0.3, 0.4) is 0 Å². The number of rotatable bonds is 8. The van der Waals surface area contributed by atoms with Gasteiger partial charge in [-0.1, -0.05) is 29.8 Å². The minimum atomic E-state index is -0.647. The largest absolute Gasteiger partial charge is 0.456 e. The monoisotopic (exact) mass is 382 g/mol. The van der Waals surface area contributed by atoms with Crippen LogP contribution in [0.2, 0.25) is 0 Å². The van der Waals surface area contributed by atoms with Gasteiger partial charge in [0.2, 0.25) is 5.91 Å². The van der Waals surface area contributed by atoms with Gasteiger partial charge in [-0.2, -0.15) is 0 Å². The summed E-state index contributed by atoms with van der Waals surface area (Å²) in [5, 5.41) is 5.23. The number of hydrogen-bond donors (Lipinski definition) is 2. The van der Waals surface area contributed by atoms with Gasteiger partial charge in [0, 0.05) is 23.4 Å². The number of aryl methyl sites for hydroxylation is 1. The molecule has 2 aromatic carbocycles. The van der Waals surface area contributed by atoms with Crippen LogP contribution < -0.4 is 10.6 Å². The van der Waals surface area contributed by atoms with Crippen LogP contribution >= 0.6 is 0 Å². The van der Waals surface area contributed by atoms with Gasteiger partial charge in [-0.15, -0.1) is 0 Å². The number of anilines is 2. The number of ether oxygens (including phenoxy) is 1. The molecule has 0 bridgehead atoms. The van der Waals surface area contributed by atoms with Crippen molar-refractivity contribution in [1.29, 1.82) is 0 Å². The van der Waals surface area contributed by atoms with Crippen LogP contribution in [0.4, 0.5) is 11.4 Å². The molecule has 0 spiro atoms. The molecule has 0 aliphatic heterocycles. The van der Waals surface area contributed by atoms with Crippen LogP contribution in [-0.4, -0.2) is 30.2 Å². The number of carbonyl (C=O) groups is 4. The molecule has 0 aromatic heterocycles. The minimum absolute atomic E-state index is 0.0945. The third-order valence-electron chi connectivity index (χ3n) is 3.81. The number of ketones is 1. The second-order valence-corrected chi connectivity index (χ2v) is 6.26. The Balaban J connectivity index is 1.70. The van der Waals surface area contributed by atoms with E-state index in [2.05, 4.69) is 10.6 Å². The molecule has 7 heteroatoms. The van der Waals surface area contributed by atoms with Gasteiger partial charge in [-0.3, -0.25) is 19.2 Å². The van der Waals surface area contributed by atoms with Crippen molar-refractivity contribution in [1.82, 2.24) is 0 Å². The van der Waals surface area contributed by atoms with Crippen LogP contribution in [0.25, 0.3) is 0 Å². The van der Waals surface area contributed by atoms with E-state index in [0.29, 0.717) is 16.9 Å². The summed E-state index contributed by atoms with van der Waals surface area (Å²) in [6, 6.07) is 13.7. The summed E-state index contributed by atoms with van der Waals surface area (Å²) in [5.74, 6) is -1.60. The molecule has 2 rings (SSSR count). The topological polar surface area (TPSA) is 102 Å². The SMILES string of the molecule is CC(=O)c1cccc(NC(=O)CCC(=O)OCC(=O)Nc2ccc(C)cc2)c1. The van der Waals surface area contributed by atoms with Gasteiger partial charge in [0.15, 0.2) is 12.4 Å². The first-order valence-corrected chi connectivity index (χ1v) is 8.76. The van der Waals surface area contributed by atoms with Gasteiger partial charge in [0.05, 0.1) is 6.42 Å². The number of nitrogens with one attached hydrogen (secondary N) is 2. The molecule has 0 unspecified atom stereocenters. The van der Waals surface area contributed by atoms with Gasteiger partial charge < -0.3 is 15.4 Å². The van der Waals surface area contributed by atoms with E-state index in [1.165, 1.54) is 6.92 Å². The van der Waals surface area contributed by atoms with Crippen LogP contribution in [0.1, 0.15) is 35.7 Å². The molecule has 0 saturated heterocycles. The maximum absolute atomic E-state index is 11.9. The molecule has 2 amide bonds. The number of esters is 1. The summed E-state index contributed by atoms with van der Waals surface area (Å²) in [6.07, 6.45) is -0.251. The first-order chi connectivity index (χ1) is 13.3. The van der Waals surface area contributed by atoms with Crippen LogP contribution in [0, 0.1) is 6.92 Å². The van der Waals surface area contributed by atoms with E-state index < -0.39 is 18.5 Å². The highest BCUT2D eigenvalue weighted by Gasteiger charge is 2.11. The summed E-state index contributed by atoms with van der Waals surface area (Å²) in [4.78, 5) is 46.8. The zero-order chi connectivity index (χ0) is 20.5. The number of benzene rings is 2. The summed E-state index contributed by atoms with van der Waals surface area (Å²) in [7, 11) is 0. The van der Waals surface area contributed by atoms with E-state index in [1.807, 2.05) is 19.1 Å². The van der Waals surface area contributed by atoms with E-state index >= 15 is 0 Å². The highest BCUT2D eigenvalue weighted by molar-refractivity contribution is 5.97. The fourth-order valence-corrected chi connectivity index (χ4v) is 2.31. The maximum Gasteiger partial charge on any atom is 0.306 e. The Morgan fingerprint density at radius 1 is 0.857 bits per heavy atom. The molecule has 0 aliphatic rings. The second kappa shape index (κ2) is 10.0. The number of hydrogen-bond acceptors (Lipinski definition) is 5. The molecule has 0 atom stereocenters. The molecule has 28 heavy (non-hydrogen) atoms. The third kappa shape index (κ3) is 7.03. The van der Waals surface area contributed by atoms with Gasteiger partial charge >= 0.3 is 5.97 Å². The van der Waals surface area contributed by atoms with Gasteiger partial charge in [-0.25, -0.2) is 0 Å². The molecule has 0 aliphatic carbocycles. The molecule has 146 valence electrons. The Morgan fingerprint density at radius 2 is 1.54 bits per heavy atom. The predicted molar refractivity (Wildman–Crippen MR) is 105 cm³/mol. The molecule has 0 saturated carbocycles. The Labute approximate surface area is 163 Å². The maximum atomic E-state index is 11.9. The standard InChI is InChI=1S/C21H22N2O5/c1-14-6-8-17(9-7-14)22-20(26)13-28-21(27)11-10-19(25)23-18-5-3-4-16(12-18)15(2)24/h3-9,12H,10-11,13H2,1-2H3,(H,22,26)(H,23,25). The molecule has 0 heterocycles. The first-order valence-electron chi connectivity index (χ1n) is 8.76. The number of amides is 2. The van der Waals surface area contributed by atoms with Crippen molar-refractivity contribution in [2.45, 2.75) is 26.7 Å². The highest BCUT2D eigenvalue weighted by atomic mass is 16.5. The van der Waals surface area contributed by atoms with E-state index in [1.54, 1.807) is 36.4 Å². The van der Waals surface area contributed by atoms with Crippen molar-refractivity contribution in [2.24, 2.45) is 0 Å². The van der Waals surface area contributed by atoms with Crippen molar-refractivity contribution in [2.75, 3.05) is 17.2 Å². The average molecular weight is 382 g/mol. The molecule has 0 radical (unpaired) electrons. The lowest BCUT2D eigenvalue weighted by Gasteiger charge is -2.08. The molecule has 0 fully saturated rings. The summed E-state index contributed by atoms with van der Waals surface area (Å²) in [5.41, 5.74) is 2.63. The van der Waals surface area contributed by atoms with Crippen molar-refractivity contribution in [3.63, 3.8) is 0 Å². The first kappa shape index (κ1) is 20.8. The summed E-state index contributed by atoms with van der Waals surface area (Å²) < 4.78 is 4.88. The average Bonchev–Trinajstić information content (AvgIpc) is 2.66. The normalized spacial score (nSPS) is 10.1. The summed E-state index contributed by atoms with van der Waals surface area (Å²) in [6.45, 7) is 2.95. The molecule has 2 aromatic rings. The Bertz CT molecular complexity index is 875. The fourth-order valence-electron chi connectivity index (χ4n) is 2.31. The minimum Gasteiger partial charge on any atom is -0.456 e. The van der Waals surface area contributed by atoms with Crippen LogP contribution in [0.5, 0.6) is 0 Å². The lowest BCUT2D eigenvalue weighted by Crippen LogP contribution is -2.21. The Kier molecular flexibility index (Phi) is 7.45.